The number of anilines is 1. The molecule has 15 heavy (non-hydrogen) atoms. The van der Waals surface area contributed by atoms with E-state index in [1.54, 1.807) is 0 Å². The molecule has 0 bridgehead atoms. The molecular weight excluding hydrogens is 184 g/mol. The van der Waals surface area contributed by atoms with Gasteiger partial charge in [0.15, 0.2) is 0 Å². The number of hydrogen-bond donors (Lipinski definition) is 0. The van der Waals surface area contributed by atoms with Gasteiger partial charge in [-0.05, 0) is 30.5 Å². The van der Waals surface area contributed by atoms with Gasteiger partial charge in [-0.2, -0.15) is 0 Å². The van der Waals surface area contributed by atoms with E-state index in [1.807, 2.05) is 27.2 Å². The Morgan fingerprint density at radius 2 is 1.93 bits per heavy atom. The maximum atomic E-state index is 4.36. The summed E-state index contributed by atoms with van der Waals surface area (Å²) in [7, 11) is 4.10. The fraction of sp³-hybridized carbons (Fsp3) is 0.462. The molecule has 0 saturated heterocycles. The highest BCUT2D eigenvalue weighted by Gasteiger charge is 2.06. The molecule has 0 fully saturated rings. The number of aliphatic imine (C=N–C) groups is 1. The first-order chi connectivity index (χ1) is 7.06. The van der Waals surface area contributed by atoms with Gasteiger partial charge in [0, 0.05) is 20.3 Å². The van der Waals surface area contributed by atoms with E-state index >= 15 is 0 Å². The lowest BCUT2D eigenvalue weighted by molar-refractivity contribution is 0.865. The van der Waals surface area contributed by atoms with Crippen LogP contribution in [0.2, 0.25) is 0 Å². The summed E-state index contributed by atoms with van der Waals surface area (Å²) in [6, 6.07) is 6.46. The Hall–Kier alpha value is -1.31. The Bertz CT molecular complexity index is 352. The van der Waals surface area contributed by atoms with Crippen LogP contribution in [0.3, 0.4) is 0 Å². The van der Waals surface area contributed by atoms with Gasteiger partial charge in [-0.25, -0.2) is 0 Å². The Labute approximate surface area is 92.6 Å². The summed E-state index contributed by atoms with van der Waals surface area (Å²) >= 11 is 0. The average molecular weight is 204 g/mol. The summed E-state index contributed by atoms with van der Waals surface area (Å²) in [5.74, 6) is 0.559. The summed E-state index contributed by atoms with van der Waals surface area (Å²) in [4.78, 5) is 6.47. The Morgan fingerprint density at radius 3 is 2.40 bits per heavy atom. The first kappa shape index (κ1) is 11.8. The van der Waals surface area contributed by atoms with Crippen LogP contribution in [-0.2, 0) is 0 Å². The van der Waals surface area contributed by atoms with Gasteiger partial charge in [0.2, 0.25) is 0 Å². The first-order valence-electron chi connectivity index (χ1n) is 5.36. The Balaban J connectivity index is 3.20. The lowest BCUT2D eigenvalue weighted by Crippen LogP contribution is -2.09. The minimum atomic E-state index is 0.559. The van der Waals surface area contributed by atoms with Gasteiger partial charge in [0.1, 0.15) is 0 Å². The van der Waals surface area contributed by atoms with Crippen molar-refractivity contribution in [1.29, 1.82) is 0 Å². The molecule has 0 aliphatic heterocycles. The molecule has 0 aliphatic carbocycles. The minimum absolute atomic E-state index is 0.559. The van der Waals surface area contributed by atoms with Crippen molar-refractivity contribution in [2.75, 3.05) is 19.0 Å². The second-order valence-corrected chi connectivity index (χ2v) is 4.18. The van der Waals surface area contributed by atoms with Crippen LogP contribution < -0.4 is 4.90 Å². The van der Waals surface area contributed by atoms with E-state index < -0.39 is 0 Å². The standard InChI is InChI=1S/C13H20N2/c1-6-14-12-8-7-11(10(2)3)9-13(12)15(4)5/h6-10H,1-5H3. The molecule has 0 atom stereocenters. The fourth-order valence-electron chi connectivity index (χ4n) is 1.51. The summed E-state index contributed by atoms with van der Waals surface area (Å²) in [5.41, 5.74) is 3.57. The number of nitrogens with zero attached hydrogens (tertiary/aromatic N) is 2. The van der Waals surface area contributed by atoms with E-state index in [1.165, 1.54) is 11.3 Å². The summed E-state index contributed by atoms with van der Waals surface area (Å²) in [5, 5.41) is 0. The molecule has 1 rings (SSSR count). The summed E-state index contributed by atoms with van der Waals surface area (Å²) in [6.45, 7) is 6.35. The normalized spacial score (nSPS) is 11.3. The van der Waals surface area contributed by atoms with Crippen LogP contribution in [0.5, 0.6) is 0 Å². The molecule has 0 spiro atoms. The maximum Gasteiger partial charge on any atom is 0.0858 e. The summed E-state index contributed by atoms with van der Waals surface area (Å²) < 4.78 is 0. The van der Waals surface area contributed by atoms with Crippen molar-refractivity contribution in [3.05, 3.63) is 23.8 Å². The molecule has 2 nitrogen and oxygen atoms in total. The van der Waals surface area contributed by atoms with Crippen molar-refractivity contribution < 1.29 is 0 Å². The fourth-order valence-corrected chi connectivity index (χ4v) is 1.51. The lowest BCUT2D eigenvalue weighted by Gasteiger charge is -2.17. The molecule has 2 heteroatoms. The molecule has 0 saturated carbocycles. The third-order valence-electron chi connectivity index (χ3n) is 2.42. The van der Waals surface area contributed by atoms with Crippen LogP contribution in [0.4, 0.5) is 11.4 Å². The van der Waals surface area contributed by atoms with Crippen LogP contribution in [0, 0.1) is 0 Å². The smallest absolute Gasteiger partial charge is 0.0858 e. The van der Waals surface area contributed by atoms with Crippen LogP contribution in [-0.4, -0.2) is 20.3 Å². The van der Waals surface area contributed by atoms with Gasteiger partial charge in [-0.15, -0.1) is 0 Å². The minimum Gasteiger partial charge on any atom is -0.376 e. The molecule has 0 aliphatic rings. The van der Waals surface area contributed by atoms with Gasteiger partial charge < -0.3 is 4.90 Å². The molecule has 0 aromatic heterocycles. The Morgan fingerprint density at radius 1 is 1.27 bits per heavy atom. The van der Waals surface area contributed by atoms with E-state index in [0.717, 1.165) is 5.69 Å². The molecule has 0 radical (unpaired) electrons. The topological polar surface area (TPSA) is 15.6 Å². The highest BCUT2D eigenvalue weighted by atomic mass is 15.1. The second-order valence-electron chi connectivity index (χ2n) is 4.18. The molecule has 0 unspecified atom stereocenters. The third-order valence-corrected chi connectivity index (χ3v) is 2.42. The molecule has 1 aromatic carbocycles. The average Bonchev–Trinajstić information content (AvgIpc) is 2.18. The zero-order valence-corrected chi connectivity index (χ0v) is 10.3. The number of benzene rings is 1. The van der Waals surface area contributed by atoms with Gasteiger partial charge in [0.25, 0.3) is 0 Å². The van der Waals surface area contributed by atoms with E-state index in [9.17, 15) is 0 Å². The van der Waals surface area contributed by atoms with E-state index in [2.05, 4.69) is 41.9 Å². The maximum absolute atomic E-state index is 4.36. The van der Waals surface area contributed by atoms with Crippen molar-refractivity contribution in [1.82, 2.24) is 0 Å². The van der Waals surface area contributed by atoms with E-state index in [0.29, 0.717) is 5.92 Å². The molecular formula is C13H20N2. The molecule has 82 valence electrons. The largest absolute Gasteiger partial charge is 0.376 e. The quantitative estimate of drug-likeness (QED) is 0.687. The van der Waals surface area contributed by atoms with Crippen molar-refractivity contribution >= 4 is 17.6 Å². The highest BCUT2D eigenvalue weighted by molar-refractivity contribution is 5.72. The molecule has 0 heterocycles. The summed E-state index contributed by atoms with van der Waals surface area (Å²) in [6.07, 6.45) is 1.83. The van der Waals surface area contributed by atoms with Crippen LogP contribution in [0.1, 0.15) is 32.3 Å². The van der Waals surface area contributed by atoms with Crippen molar-refractivity contribution in [3.8, 4) is 0 Å². The lowest BCUT2D eigenvalue weighted by atomic mass is 10.0. The molecule has 0 amide bonds. The zero-order valence-electron chi connectivity index (χ0n) is 10.3. The van der Waals surface area contributed by atoms with Gasteiger partial charge in [-0.3, -0.25) is 4.99 Å². The van der Waals surface area contributed by atoms with Gasteiger partial charge >= 0.3 is 0 Å². The van der Waals surface area contributed by atoms with Gasteiger partial charge in [0.05, 0.1) is 11.4 Å². The SMILES string of the molecule is CC=Nc1ccc(C(C)C)cc1N(C)C. The van der Waals surface area contributed by atoms with Crippen molar-refractivity contribution in [3.63, 3.8) is 0 Å². The Kier molecular flexibility index (Phi) is 3.89. The molecule has 1 aromatic rings. The number of rotatable bonds is 3. The first-order valence-corrected chi connectivity index (χ1v) is 5.36. The van der Waals surface area contributed by atoms with Crippen LogP contribution in [0.25, 0.3) is 0 Å². The van der Waals surface area contributed by atoms with Crippen LogP contribution >= 0.6 is 0 Å². The van der Waals surface area contributed by atoms with Crippen molar-refractivity contribution in [2.45, 2.75) is 26.7 Å². The van der Waals surface area contributed by atoms with Gasteiger partial charge in [-0.1, -0.05) is 19.9 Å². The monoisotopic (exact) mass is 204 g/mol. The van der Waals surface area contributed by atoms with E-state index in [-0.39, 0.29) is 0 Å². The highest BCUT2D eigenvalue weighted by Crippen LogP contribution is 2.30. The number of hydrogen-bond acceptors (Lipinski definition) is 2. The zero-order chi connectivity index (χ0) is 11.4. The predicted octanol–water partition coefficient (Wildman–Crippen LogP) is 3.60. The van der Waals surface area contributed by atoms with Crippen molar-refractivity contribution in [2.24, 2.45) is 4.99 Å². The second kappa shape index (κ2) is 4.96. The molecule has 0 N–H and O–H groups in total. The third kappa shape index (κ3) is 2.82. The van der Waals surface area contributed by atoms with Crippen LogP contribution in [0.15, 0.2) is 23.2 Å². The predicted molar refractivity (Wildman–Crippen MR) is 68.7 cm³/mol. The van der Waals surface area contributed by atoms with E-state index in [4.69, 9.17) is 0 Å².